The standard InChI is InChI=1S/C46H91O10P/c1-35(2)17-11-19-37(5)21-13-23-39(7)25-15-27-41(9)29-45(49)53-33-44(34-55-57(51,52)54-32-43(48)31-47)56-46(50)30-42(10)28-16-26-40(8)24-14-22-38(6)20-12-18-36(3)4/h35-44,47-48H,11-34H2,1-10H3,(H,51,52)/t37?,38?,39?,40?,41?,42?,43-,44+/m0/s1. The van der Waals surface area contributed by atoms with E-state index in [2.05, 4.69) is 55.4 Å². The number of phosphoric ester groups is 1. The molecule has 57 heavy (non-hydrogen) atoms. The molecule has 0 saturated carbocycles. The first-order chi connectivity index (χ1) is 26.8. The van der Waals surface area contributed by atoms with Crippen molar-refractivity contribution >= 4 is 19.8 Å². The molecule has 0 radical (unpaired) electrons. The lowest BCUT2D eigenvalue weighted by molar-refractivity contribution is -0.162. The lowest BCUT2D eigenvalue weighted by atomic mass is 9.91. The number of carbonyl (C=O) groups excluding carboxylic acids is 2. The average molecular weight is 835 g/mol. The fourth-order valence-corrected chi connectivity index (χ4v) is 8.19. The van der Waals surface area contributed by atoms with Crippen LogP contribution in [0.2, 0.25) is 0 Å². The van der Waals surface area contributed by atoms with Gasteiger partial charge in [-0.1, -0.05) is 185 Å². The number of carbonyl (C=O) groups is 2. The highest BCUT2D eigenvalue weighted by Crippen LogP contribution is 2.43. The number of ether oxygens (including phenoxy) is 2. The van der Waals surface area contributed by atoms with Gasteiger partial charge in [0.2, 0.25) is 0 Å². The minimum Gasteiger partial charge on any atom is -0.462 e. The third-order valence-corrected chi connectivity index (χ3v) is 12.3. The smallest absolute Gasteiger partial charge is 0.462 e. The van der Waals surface area contributed by atoms with E-state index in [-0.39, 0.29) is 31.3 Å². The highest BCUT2D eigenvalue weighted by atomic mass is 31.2. The zero-order valence-corrected chi connectivity index (χ0v) is 39.3. The summed E-state index contributed by atoms with van der Waals surface area (Å²) < 4.78 is 33.3. The van der Waals surface area contributed by atoms with Crippen LogP contribution in [0.1, 0.15) is 198 Å². The zero-order chi connectivity index (χ0) is 43.2. The van der Waals surface area contributed by atoms with Crippen molar-refractivity contribution in [3.63, 3.8) is 0 Å². The molecule has 0 aliphatic rings. The topological polar surface area (TPSA) is 149 Å². The van der Waals surface area contributed by atoms with Crippen LogP contribution in [0.5, 0.6) is 0 Å². The van der Waals surface area contributed by atoms with Crippen LogP contribution in [0.15, 0.2) is 0 Å². The van der Waals surface area contributed by atoms with E-state index in [1.165, 1.54) is 77.0 Å². The van der Waals surface area contributed by atoms with Gasteiger partial charge in [0.15, 0.2) is 6.10 Å². The first-order valence-corrected chi connectivity index (χ1v) is 24.6. The normalized spacial score (nSPS) is 17.4. The molecule has 0 bridgehead atoms. The summed E-state index contributed by atoms with van der Waals surface area (Å²) in [5.74, 6) is 3.68. The molecule has 3 N–H and O–H groups in total. The summed E-state index contributed by atoms with van der Waals surface area (Å²) in [6.45, 7) is 20.4. The molecule has 0 rings (SSSR count). The van der Waals surface area contributed by atoms with Crippen molar-refractivity contribution in [2.45, 2.75) is 210 Å². The Morgan fingerprint density at radius 2 is 0.825 bits per heavy atom. The Morgan fingerprint density at radius 3 is 1.19 bits per heavy atom. The molecule has 0 aliphatic carbocycles. The Labute approximate surface area is 350 Å². The predicted molar refractivity (Wildman–Crippen MR) is 233 cm³/mol. The van der Waals surface area contributed by atoms with Gasteiger partial charge in [-0.25, -0.2) is 4.57 Å². The van der Waals surface area contributed by atoms with Gasteiger partial charge in [-0.05, 0) is 47.3 Å². The average Bonchev–Trinajstić information content (AvgIpc) is 3.11. The molecule has 0 aromatic heterocycles. The summed E-state index contributed by atoms with van der Waals surface area (Å²) in [5, 5.41) is 18.5. The van der Waals surface area contributed by atoms with Crippen molar-refractivity contribution in [2.24, 2.45) is 47.3 Å². The minimum absolute atomic E-state index is 0.0775. The monoisotopic (exact) mass is 835 g/mol. The fourth-order valence-electron chi connectivity index (χ4n) is 7.40. The van der Waals surface area contributed by atoms with Crippen molar-refractivity contribution in [1.29, 1.82) is 0 Å². The van der Waals surface area contributed by atoms with Gasteiger partial charge in [0.25, 0.3) is 0 Å². The van der Waals surface area contributed by atoms with Crippen LogP contribution in [-0.2, 0) is 32.7 Å². The first kappa shape index (κ1) is 56.0. The van der Waals surface area contributed by atoms with E-state index in [0.29, 0.717) is 11.8 Å². The van der Waals surface area contributed by atoms with Crippen LogP contribution in [0.25, 0.3) is 0 Å². The highest BCUT2D eigenvalue weighted by Gasteiger charge is 2.28. The Kier molecular flexibility index (Phi) is 33.1. The second kappa shape index (κ2) is 33.7. The number of aliphatic hydroxyl groups is 2. The van der Waals surface area contributed by atoms with Crippen LogP contribution < -0.4 is 0 Å². The molecule has 11 heteroatoms. The third kappa shape index (κ3) is 35.4. The SMILES string of the molecule is CC(C)CCCC(C)CCCC(C)CCCC(C)CC(=O)OC[C@H](COP(=O)(O)OC[C@@H](O)CO)OC(=O)CC(C)CCCC(C)CCCC(C)CCCC(C)C. The van der Waals surface area contributed by atoms with Gasteiger partial charge in [-0.3, -0.25) is 18.6 Å². The molecule has 0 fully saturated rings. The maximum atomic E-state index is 13.0. The molecule has 0 aromatic rings. The Hall–Kier alpha value is -1.03. The third-order valence-electron chi connectivity index (χ3n) is 11.4. The molecule has 0 saturated heterocycles. The van der Waals surface area contributed by atoms with Crippen LogP contribution in [0.4, 0.5) is 0 Å². The maximum Gasteiger partial charge on any atom is 0.472 e. The van der Waals surface area contributed by atoms with Crippen molar-refractivity contribution in [2.75, 3.05) is 26.4 Å². The Morgan fingerprint density at radius 1 is 0.491 bits per heavy atom. The van der Waals surface area contributed by atoms with Gasteiger partial charge in [-0.2, -0.15) is 0 Å². The van der Waals surface area contributed by atoms with Gasteiger partial charge >= 0.3 is 19.8 Å². The van der Waals surface area contributed by atoms with Crippen molar-refractivity contribution in [3.05, 3.63) is 0 Å². The molecule has 10 nitrogen and oxygen atoms in total. The lowest BCUT2D eigenvalue weighted by Crippen LogP contribution is -2.30. The lowest BCUT2D eigenvalue weighted by Gasteiger charge is -2.21. The van der Waals surface area contributed by atoms with E-state index >= 15 is 0 Å². The molecule has 0 spiro atoms. The van der Waals surface area contributed by atoms with Gasteiger partial charge in [0.05, 0.1) is 19.8 Å². The highest BCUT2D eigenvalue weighted by molar-refractivity contribution is 7.47. The number of hydrogen-bond acceptors (Lipinski definition) is 9. The second-order valence-corrected chi connectivity index (χ2v) is 20.6. The summed E-state index contributed by atoms with van der Waals surface area (Å²) in [4.78, 5) is 35.8. The number of phosphoric acid groups is 1. The summed E-state index contributed by atoms with van der Waals surface area (Å²) in [7, 11) is -4.65. The van der Waals surface area contributed by atoms with E-state index in [1.807, 2.05) is 13.8 Å². The van der Waals surface area contributed by atoms with E-state index in [9.17, 15) is 24.2 Å². The minimum atomic E-state index is -4.65. The van der Waals surface area contributed by atoms with Gasteiger partial charge in [-0.15, -0.1) is 0 Å². The summed E-state index contributed by atoms with van der Waals surface area (Å²) >= 11 is 0. The molecule has 340 valence electrons. The number of esters is 2. The van der Waals surface area contributed by atoms with E-state index < -0.39 is 51.8 Å². The van der Waals surface area contributed by atoms with Gasteiger partial charge in [0, 0.05) is 12.8 Å². The van der Waals surface area contributed by atoms with E-state index in [1.54, 1.807) is 0 Å². The van der Waals surface area contributed by atoms with Gasteiger partial charge in [0.1, 0.15) is 12.7 Å². The molecule has 0 aliphatic heterocycles. The molecular weight excluding hydrogens is 743 g/mol. The second-order valence-electron chi connectivity index (χ2n) is 19.1. The van der Waals surface area contributed by atoms with E-state index in [0.717, 1.165) is 62.2 Å². The molecule has 9 atom stereocenters. The summed E-state index contributed by atoms with van der Waals surface area (Å²) in [6.07, 6.45) is 19.4. The Bertz CT molecular complexity index is 1040. The number of rotatable bonds is 38. The largest absolute Gasteiger partial charge is 0.472 e. The number of aliphatic hydroxyl groups excluding tert-OH is 2. The molecular formula is C46H91O10P. The zero-order valence-electron chi connectivity index (χ0n) is 38.4. The quantitative estimate of drug-likeness (QED) is 0.0405. The Balaban J connectivity index is 4.77. The van der Waals surface area contributed by atoms with Crippen LogP contribution in [0, 0.1) is 47.3 Å². The van der Waals surface area contributed by atoms with Crippen molar-refractivity contribution in [3.8, 4) is 0 Å². The summed E-state index contributed by atoms with van der Waals surface area (Å²) in [6, 6.07) is 0. The van der Waals surface area contributed by atoms with Crippen LogP contribution >= 0.6 is 7.82 Å². The molecule has 0 aromatic carbocycles. The predicted octanol–water partition coefficient (Wildman–Crippen LogP) is 11.9. The first-order valence-electron chi connectivity index (χ1n) is 23.1. The van der Waals surface area contributed by atoms with Crippen molar-refractivity contribution < 1.29 is 47.8 Å². The molecule has 0 amide bonds. The number of hydrogen-bond donors (Lipinski definition) is 3. The summed E-state index contributed by atoms with van der Waals surface area (Å²) in [5.41, 5.74) is 0. The van der Waals surface area contributed by atoms with Gasteiger partial charge < -0.3 is 24.6 Å². The van der Waals surface area contributed by atoms with Crippen LogP contribution in [-0.4, -0.2) is 65.7 Å². The maximum absolute atomic E-state index is 13.0. The van der Waals surface area contributed by atoms with Crippen molar-refractivity contribution in [1.82, 2.24) is 0 Å². The fraction of sp³-hybridized carbons (Fsp3) is 0.957. The molecule has 0 heterocycles. The molecule has 7 unspecified atom stereocenters. The van der Waals surface area contributed by atoms with Crippen LogP contribution in [0.3, 0.4) is 0 Å². The van der Waals surface area contributed by atoms with E-state index in [4.69, 9.17) is 23.6 Å².